The first-order valence-corrected chi connectivity index (χ1v) is 13.1. The third kappa shape index (κ3) is 5.64. The highest BCUT2D eigenvalue weighted by Gasteiger charge is 2.39. The molecule has 0 saturated heterocycles. The predicted molar refractivity (Wildman–Crippen MR) is 154 cm³/mol. The van der Waals surface area contributed by atoms with E-state index in [-0.39, 0.29) is 49.2 Å². The van der Waals surface area contributed by atoms with Gasteiger partial charge in [-0.2, -0.15) is 0 Å². The van der Waals surface area contributed by atoms with Crippen molar-refractivity contribution in [3.8, 4) is 5.75 Å². The van der Waals surface area contributed by atoms with Gasteiger partial charge in [0.15, 0.2) is 17.4 Å². The maximum Gasteiger partial charge on any atom is 0.310 e. The molecule has 1 amide bonds. The third-order valence-corrected chi connectivity index (χ3v) is 7.12. The molecule has 2 N–H and O–H groups in total. The molecule has 42 heavy (non-hydrogen) atoms. The lowest BCUT2D eigenvalue weighted by Crippen LogP contribution is -2.54. The second-order valence-corrected chi connectivity index (χ2v) is 10.2. The van der Waals surface area contributed by atoms with Crippen LogP contribution in [-0.4, -0.2) is 61.6 Å². The van der Waals surface area contributed by atoms with Crippen LogP contribution in [0.2, 0.25) is 0 Å². The highest BCUT2D eigenvalue weighted by atomic mass is 19.1. The van der Waals surface area contributed by atoms with Crippen LogP contribution in [0.4, 0.5) is 27.5 Å². The Morgan fingerprint density at radius 1 is 1.21 bits per heavy atom. The number of methoxy groups -OCH3 is 1. The number of aromatic amines is 1. The molecule has 0 radical (unpaired) electrons. The average molecular weight is 577 g/mol. The number of ether oxygens (including phenoxy) is 1. The van der Waals surface area contributed by atoms with E-state index in [0.29, 0.717) is 28.6 Å². The fourth-order valence-corrected chi connectivity index (χ4v) is 4.67. The molecule has 14 heteroatoms. The molecule has 0 saturated carbocycles. The molecule has 13 nitrogen and oxygen atoms in total. The van der Waals surface area contributed by atoms with E-state index in [2.05, 4.69) is 15.4 Å². The molecule has 2 aromatic carbocycles. The Balaban J connectivity index is 1.51. The van der Waals surface area contributed by atoms with Crippen molar-refractivity contribution in [1.82, 2.24) is 19.6 Å². The molecule has 3 aromatic rings. The molecule has 3 heterocycles. The second-order valence-electron chi connectivity index (χ2n) is 10.2. The van der Waals surface area contributed by atoms with E-state index in [1.165, 1.54) is 37.4 Å². The molecule has 1 aromatic heterocycles. The lowest BCUT2D eigenvalue weighted by molar-refractivity contribution is -0.385. The van der Waals surface area contributed by atoms with Crippen LogP contribution in [0.1, 0.15) is 25.8 Å². The number of amides is 1. The Kier molecular flexibility index (Phi) is 7.61. The summed E-state index contributed by atoms with van der Waals surface area (Å²) < 4.78 is 21.8. The van der Waals surface area contributed by atoms with Gasteiger partial charge < -0.3 is 15.0 Å². The molecule has 0 spiro atoms. The zero-order valence-electron chi connectivity index (χ0n) is 23.2. The monoisotopic (exact) mass is 576 g/mol. The Hall–Kier alpha value is -5.27. The Bertz CT molecular complexity index is 1660. The van der Waals surface area contributed by atoms with Crippen LogP contribution in [0.25, 0.3) is 5.57 Å². The Morgan fingerprint density at radius 2 is 1.98 bits per heavy atom. The number of nitro groups is 1. The quantitative estimate of drug-likeness (QED) is 0.330. The van der Waals surface area contributed by atoms with E-state index < -0.39 is 16.3 Å². The van der Waals surface area contributed by atoms with Crippen LogP contribution in [-0.2, 0) is 22.7 Å². The number of hydrogen-bond acceptors (Lipinski definition) is 8. The van der Waals surface area contributed by atoms with E-state index in [4.69, 9.17) is 9.84 Å². The number of H-pyrrole nitrogens is 1. The van der Waals surface area contributed by atoms with Gasteiger partial charge >= 0.3 is 5.69 Å². The van der Waals surface area contributed by atoms with Crippen molar-refractivity contribution in [2.24, 2.45) is 4.99 Å². The lowest BCUT2D eigenvalue weighted by atomic mass is 10.0. The highest BCUT2D eigenvalue weighted by molar-refractivity contribution is 6.11. The number of carbonyl (C=O) groups is 2. The zero-order valence-corrected chi connectivity index (χ0v) is 23.2. The van der Waals surface area contributed by atoms with Crippen LogP contribution < -0.4 is 15.0 Å². The van der Waals surface area contributed by atoms with Gasteiger partial charge in [0.05, 0.1) is 24.8 Å². The van der Waals surface area contributed by atoms with Crippen LogP contribution >= 0.6 is 0 Å². The molecular weight excluding hydrogens is 547 g/mol. The van der Waals surface area contributed by atoms with E-state index in [0.717, 1.165) is 0 Å². The smallest absolute Gasteiger partial charge is 0.310 e. The molecule has 0 aliphatic carbocycles. The number of fused-ring (bicyclic) bond motifs is 2. The summed E-state index contributed by atoms with van der Waals surface area (Å²) in [5.74, 6) is 0.0861. The van der Waals surface area contributed by atoms with E-state index in [9.17, 15) is 24.1 Å². The average Bonchev–Trinajstić information content (AvgIpc) is 3.33. The SMILES string of the molecule is COc1cc(C2=CCn3nc4n([nH]cc3N=C2)CC(=O)CCN4C(C)(C)C(=O)Nc2ccc(F)cc2)ccc1[N+](=O)[O-]. The van der Waals surface area contributed by atoms with Crippen molar-refractivity contribution < 1.29 is 23.6 Å². The van der Waals surface area contributed by atoms with E-state index in [1.807, 2.05) is 6.08 Å². The summed E-state index contributed by atoms with van der Waals surface area (Å²) in [5.41, 5.74) is 0.481. The summed E-state index contributed by atoms with van der Waals surface area (Å²) >= 11 is 0. The van der Waals surface area contributed by atoms with Gasteiger partial charge in [0, 0.05) is 30.9 Å². The number of aliphatic imine (C=N–C) groups is 1. The van der Waals surface area contributed by atoms with Gasteiger partial charge in [-0.05, 0) is 61.4 Å². The molecule has 5 rings (SSSR count). The maximum atomic E-state index is 13.5. The van der Waals surface area contributed by atoms with Crippen molar-refractivity contribution in [3.05, 3.63) is 76.2 Å². The summed E-state index contributed by atoms with van der Waals surface area (Å²) in [6.45, 7) is 3.97. The summed E-state index contributed by atoms with van der Waals surface area (Å²) in [6, 6.07) is 10.0. The minimum absolute atomic E-state index is 0.0238. The minimum atomic E-state index is -1.17. The number of nitrogens with zero attached hydrogens (tertiary/aromatic N) is 6. The number of Topliss-reactive ketones (excluding diaryl/α,β-unsaturated/α-hetero) is 1. The largest absolute Gasteiger partial charge is 0.490 e. The maximum absolute atomic E-state index is 13.5. The molecular formula is C28H29FN8O5. The van der Waals surface area contributed by atoms with Crippen LogP contribution in [0, 0.1) is 15.9 Å². The first kappa shape index (κ1) is 28.3. The van der Waals surface area contributed by atoms with E-state index >= 15 is 0 Å². The number of rotatable bonds is 6. The predicted octanol–water partition coefficient (Wildman–Crippen LogP) is 4.19. The van der Waals surface area contributed by atoms with Gasteiger partial charge in [-0.1, -0.05) is 6.08 Å². The molecule has 2 aliphatic rings. The molecule has 2 aliphatic heterocycles. The standard InChI is InChI=1S/C28H29FN8O5/c1-28(2,26(39)32-21-7-5-20(29)6-8-21)34-12-11-22(38)17-36-27(34)33-35-13-10-19(15-30-25(35)16-31-36)18-4-9-23(37(40)41)24(14-18)42-3/h4-10,14-16,31H,11-13,17H2,1-3H3,(H,32,39). The number of aromatic nitrogens is 4. The number of benzene rings is 2. The normalized spacial score (nSPS) is 14.6. The number of nitro benzene ring substituents is 1. The Morgan fingerprint density at radius 3 is 2.69 bits per heavy atom. The summed E-state index contributed by atoms with van der Waals surface area (Å²) in [5, 5.41) is 22.1. The minimum Gasteiger partial charge on any atom is -0.490 e. The number of halogens is 1. The van der Waals surface area contributed by atoms with Gasteiger partial charge in [-0.3, -0.25) is 24.8 Å². The van der Waals surface area contributed by atoms with Gasteiger partial charge in [0.2, 0.25) is 11.9 Å². The number of hydrogen-bond donors (Lipinski definition) is 2. The topological polar surface area (TPSA) is 153 Å². The Labute approximate surface area is 239 Å². The first-order chi connectivity index (χ1) is 20.1. The van der Waals surface area contributed by atoms with Crippen molar-refractivity contribution >= 4 is 46.6 Å². The van der Waals surface area contributed by atoms with Crippen molar-refractivity contribution in [3.63, 3.8) is 0 Å². The van der Waals surface area contributed by atoms with Crippen molar-refractivity contribution in [2.75, 3.05) is 23.9 Å². The van der Waals surface area contributed by atoms with Crippen LogP contribution in [0.5, 0.6) is 5.75 Å². The highest BCUT2D eigenvalue weighted by Crippen LogP contribution is 2.31. The van der Waals surface area contributed by atoms with Gasteiger partial charge in [-0.25, -0.2) is 18.7 Å². The fraction of sp³-hybridized carbons (Fsp3) is 0.286. The first-order valence-electron chi connectivity index (χ1n) is 13.1. The summed E-state index contributed by atoms with van der Waals surface area (Å²) in [6.07, 6.45) is 5.30. The molecule has 0 bridgehead atoms. The van der Waals surface area contributed by atoms with Gasteiger partial charge in [0.1, 0.15) is 17.9 Å². The number of allylic oxidation sites excluding steroid dienone is 2. The molecule has 0 unspecified atom stereocenters. The third-order valence-electron chi connectivity index (χ3n) is 7.12. The number of nitrogens with one attached hydrogen (secondary N) is 2. The molecule has 0 fully saturated rings. The zero-order chi connectivity index (χ0) is 30.0. The summed E-state index contributed by atoms with van der Waals surface area (Å²) in [4.78, 5) is 43.3. The lowest BCUT2D eigenvalue weighted by Gasteiger charge is -2.37. The fourth-order valence-electron chi connectivity index (χ4n) is 4.67. The van der Waals surface area contributed by atoms with Crippen molar-refractivity contribution in [2.45, 2.75) is 38.9 Å². The molecule has 218 valence electrons. The van der Waals surface area contributed by atoms with Gasteiger partial charge in [-0.15, -0.1) is 5.10 Å². The number of ketones is 1. The van der Waals surface area contributed by atoms with E-state index in [1.54, 1.807) is 52.7 Å². The van der Waals surface area contributed by atoms with Gasteiger partial charge in [0.25, 0.3) is 0 Å². The van der Waals surface area contributed by atoms with Crippen molar-refractivity contribution in [1.29, 1.82) is 0 Å². The summed E-state index contributed by atoms with van der Waals surface area (Å²) in [7, 11) is 1.37. The number of anilines is 2. The second kappa shape index (κ2) is 11.3. The van der Waals surface area contributed by atoms with Crippen LogP contribution in [0.3, 0.4) is 0 Å². The number of carbonyl (C=O) groups excluding carboxylic acids is 2. The molecule has 0 atom stereocenters. The van der Waals surface area contributed by atoms with Crippen LogP contribution in [0.15, 0.2) is 59.7 Å².